The van der Waals surface area contributed by atoms with Crippen molar-refractivity contribution in [3.8, 4) is 17.2 Å². The molecule has 0 saturated heterocycles. The SMILES string of the molecule is CCOc1ccc(OC(C)C(=O)NNC(=O)c2ccc(-n3cnc4ccccc4c3=O)cc2)cc1. The van der Waals surface area contributed by atoms with Crippen molar-refractivity contribution in [1.82, 2.24) is 20.4 Å². The van der Waals surface area contributed by atoms with E-state index in [1.165, 1.54) is 10.9 Å². The fourth-order valence-corrected chi connectivity index (χ4v) is 3.36. The lowest BCUT2D eigenvalue weighted by Gasteiger charge is -2.15. The van der Waals surface area contributed by atoms with E-state index in [4.69, 9.17) is 9.47 Å². The van der Waals surface area contributed by atoms with E-state index in [1.54, 1.807) is 73.7 Å². The minimum Gasteiger partial charge on any atom is -0.494 e. The van der Waals surface area contributed by atoms with Crippen molar-refractivity contribution in [2.24, 2.45) is 0 Å². The summed E-state index contributed by atoms with van der Waals surface area (Å²) in [5.41, 5.74) is 5.99. The van der Waals surface area contributed by atoms with E-state index in [-0.39, 0.29) is 5.56 Å². The third-order valence-corrected chi connectivity index (χ3v) is 5.19. The first-order chi connectivity index (χ1) is 17.0. The maximum atomic E-state index is 12.7. The average Bonchev–Trinajstić information content (AvgIpc) is 2.89. The lowest BCUT2D eigenvalue weighted by Crippen LogP contribution is -2.47. The number of nitrogens with zero attached hydrogens (tertiary/aromatic N) is 2. The first-order valence-corrected chi connectivity index (χ1v) is 11.0. The highest BCUT2D eigenvalue weighted by Gasteiger charge is 2.16. The number of hydrogen-bond donors (Lipinski definition) is 2. The van der Waals surface area contributed by atoms with E-state index in [0.29, 0.717) is 40.3 Å². The Morgan fingerprint density at radius 2 is 1.63 bits per heavy atom. The van der Waals surface area contributed by atoms with Crippen LogP contribution in [-0.4, -0.2) is 34.1 Å². The number of hydrogen-bond acceptors (Lipinski definition) is 6. The standard InChI is InChI=1S/C26H24N4O5/c1-3-34-20-12-14-21(15-13-20)35-17(2)24(31)28-29-25(32)18-8-10-19(11-9-18)30-16-27-23-7-5-4-6-22(23)26(30)33/h4-17H,3H2,1-2H3,(H,28,31)(H,29,32). The van der Waals surface area contributed by atoms with Gasteiger partial charge < -0.3 is 9.47 Å². The van der Waals surface area contributed by atoms with Gasteiger partial charge in [-0.25, -0.2) is 4.98 Å². The van der Waals surface area contributed by atoms with E-state index in [0.717, 1.165) is 0 Å². The van der Waals surface area contributed by atoms with Crippen LogP contribution < -0.4 is 25.9 Å². The summed E-state index contributed by atoms with van der Waals surface area (Å²) in [6, 6.07) is 20.3. The molecule has 2 N–H and O–H groups in total. The molecule has 0 radical (unpaired) electrons. The molecule has 0 saturated carbocycles. The second-order valence-electron chi connectivity index (χ2n) is 7.59. The lowest BCUT2D eigenvalue weighted by molar-refractivity contribution is -0.128. The summed E-state index contributed by atoms with van der Waals surface area (Å²) in [6.07, 6.45) is 0.606. The second kappa shape index (κ2) is 10.5. The molecule has 3 aromatic carbocycles. The minimum atomic E-state index is -0.845. The molecule has 1 heterocycles. The van der Waals surface area contributed by atoms with Gasteiger partial charge in [-0.1, -0.05) is 12.1 Å². The highest BCUT2D eigenvalue weighted by Crippen LogP contribution is 2.18. The summed E-state index contributed by atoms with van der Waals surface area (Å²) in [6.45, 7) is 4.02. The monoisotopic (exact) mass is 472 g/mol. The highest BCUT2D eigenvalue weighted by atomic mass is 16.5. The number of benzene rings is 3. The van der Waals surface area contributed by atoms with E-state index in [2.05, 4.69) is 15.8 Å². The first kappa shape index (κ1) is 23.5. The zero-order valence-corrected chi connectivity index (χ0v) is 19.2. The molecule has 2 amide bonds. The number of rotatable bonds is 7. The van der Waals surface area contributed by atoms with Gasteiger partial charge in [0.25, 0.3) is 17.4 Å². The minimum absolute atomic E-state index is 0.207. The Bertz CT molecular complexity index is 1400. The first-order valence-electron chi connectivity index (χ1n) is 11.0. The molecule has 4 rings (SSSR count). The van der Waals surface area contributed by atoms with E-state index in [9.17, 15) is 14.4 Å². The Labute approximate surface area is 201 Å². The van der Waals surface area contributed by atoms with Gasteiger partial charge in [0, 0.05) is 5.56 Å². The van der Waals surface area contributed by atoms with Crippen molar-refractivity contribution in [2.45, 2.75) is 20.0 Å². The zero-order valence-electron chi connectivity index (χ0n) is 19.2. The highest BCUT2D eigenvalue weighted by molar-refractivity contribution is 5.96. The number of carbonyl (C=O) groups is 2. The van der Waals surface area contributed by atoms with Crippen molar-refractivity contribution in [2.75, 3.05) is 6.61 Å². The third-order valence-electron chi connectivity index (χ3n) is 5.19. The van der Waals surface area contributed by atoms with Crippen LogP contribution in [-0.2, 0) is 4.79 Å². The lowest BCUT2D eigenvalue weighted by atomic mass is 10.2. The summed E-state index contributed by atoms with van der Waals surface area (Å²) >= 11 is 0. The van der Waals surface area contributed by atoms with Gasteiger partial charge >= 0.3 is 0 Å². The van der Waals surface area contributed by atoms with Gasteiger partial charge in [0.1, 0.15) is 17.8 Å². The summed E-state index contributed by atoms with van der Waals surface area (Å²) in [4.78, 5) is 41.8. The average molecular weight is 473 g/mol. The van der Waals surface area contributed by atoms with Crippen molar-refractivity contribution < 1.29 is 19.1 Å². The molecule has 0 aliphatic carbocycles. The molecule has 1 aromatic heterocycles. The van der Waals surface area contributed by atoms with Gasteiger partial charge in [0.2, 0.25) is 0 Å². The largest absolute Gasteiger partial charge is 0.494 e. The van der Waals surface area contributed by atoms with Gasteiger partial charge in [-0.3, -0.25) is 29.8 Å². The van der Waals surface area contributed by atoms with Crippen LogP contribution in [0.15, 0.2) is 83.9 Å². The van der Waals surface area contributed by atoms with Gasteiger partial charge in [-0.2, -0.15) is 0 Å². The van der Waals surface area contributed by atoms with Crippen molar-refractivity contribution in [1.29, 1.82) is 0 Å². The maximum Gasteiger partial charge on any atom is 0.279 e. The normalized spacial score (nSPS) is 11.5. The van der Waals surface area contributed by atoms with Crippen molar-refractivity contribution in [3.63, 3.8) is 0 Å². The molecule has 0 bridgehead atoms. The fraction of sp³-hybridized carbons (Fsp3) is 0.154. The summed E-state index contributed by atoms with van der Waals surface area (Å²) < 4.78 is 12.4. The van der Waals surface area contributed by atoms with E-state index < -0.39 is 17.9 Å². The molecule has 0 spiro atoms. The topological polar surface area (TPSA) is 112 Å². The molecule has 0 fully saturated rings. The van der Waals surface area contributed by atoms with Crippen LogP contribution in [0.25, 0.3) is 16.6 Å². The van der Waals surface area contributed by atoms with Gasteiger partial charge in [-0.05, 0) is 74.5 Å². The van der Waals surface area contributed by atoms with Crippen molar-refractivity contribution >= 4 is 22.7 Å². The van der Waals surface area contributed by atoms with Crippen LogP contribution in [0.4, 0.5) is 0 Å². The predicted molar refractivity (Wildman–Crippen MR) is 131 cm³/mol. The number of carbonyl (C=O) groups excluding carboxylic acids is 2. The molecule has 35 heavy (non-hydrogen) atoms. The number of nitrogens with one attached hydrogen (secondary N) is 2. The zero-order chi connectivity index (χ0) is 24.8. The predicted octanol–water partition coefficient (Wildman–Crippen LogP) is 3.01. The van der Waals surface area contributed by atoms with Crippen molar-refractivity contribution in [3.05, 3.63) is 95.0 Å². The molecule has 0 aliphatic heterocycles. The smallest absolute Gasteiger partial charge is 0.279 e. The molecule has 0 aliphatic rings. The fourth-order valence-electron chi connectivity index (χ4n) is 3.36. The number of aromatic nitrogens is 2. The number of hydrazine groups is 1. The Morgan fingerprint density at radius 1 is 0.943 bits per heavy atom. The van der Waals surface area contributed by atoms with Crippen LogP contribution in [0, 0.1) is 0 Å². The van der Waals surface area contributed by atoms with Crippen LogP contribution in [0.3, 0.4) is 0 Å². The molecule has 1 atom stereocenters. The van der Waals surface area contributed by atoms with Gasteiger partial charge in [-0.15, -0.1) is 0 Å². The van der Waals surface area contributed by atoms with E-state index >= 15 is 0 Å². The van der Waals surface area contributed by atoms with Gasteiger partial charge in [0.15, 0.2) is 6.10 Å². The molecule has 178 valence electrons. The molecule has 1 unspecified atom stereocenters. The molecular formula is C26H24N4O5. The number of para-hydroxylation sites is 1. The maximum absolute atomic E-state index is 12.7. The molecule has 9 nitrogen and oxygen atoms in total. The Hall–Kier alpha value is -4.66. The van der Waals surface area contributed by atoms with Crippen LogP contribution >= 0.6 is 0 Å². The quantitative estimate of drug-likeness (QED) is 0.400. The summed E-state index contributed by atoms with van der Waals surface area (Å²) in [5, 5.41) is 0.501. The summed E-state index contributed by atoms with van der Waals surface area (Å²) in [7, 11) is 0. The van der Waals surface area contributed by atoms with Crippen LogP contribution in [0.2, 0.25) is 0 Å². The third kappa shape index (κ3) is 5.47. The Morgan fingerprint density at radius 3 is 2.34 bits per heavy atom. The molecular weight excluding hydrogens is 448 g/mol. The number of fused-ring (bicyclic) bond motifs is 1. The Kier molecular flexibility index (Phi) is 7.06. The Balaban J connectivity index is 1.35. The molecule has 4 aromatic rings. The number of ether oxygens (including phenoxy) is 2. The van der Waals surface area contributed by atoms with Crippen LogP contribution in [0.5, 0.6) is 11.5 Å². The van der Waals surface area contributed by atoms with Crippen LogP contribution in [0.1, 0.15) is 24.2 Å². The van der Waals surface area contributed by atoms with E-state index in [1.807, 2.05) is 13.0 Å². The molecule has 9 heteroatoms. The van der Waals surface area contributed by atoms with Gasteiger partial charge in [0.05, 0.1) is 23.2 Å². The summed E-state index contributed by atoms with van der Waals surface area (Å²) in [5.74, 6) is 0.174. The number of amides is 2. The second-order valence-corrected chi connectivity index (χ2v) is 7.59.